The second-order valence-corrected chi connectivity index (χ2v) is 5.38. The fourth-order valence-electron chi connectivity index (χ4n) is 1.98. The molecule has 0 fully saturated rings. The fraction of sp³-hybridized carbons (Fsp3) is 0.0588. The SMILES string of the molecule is CSc1nc(Nc2ccccc2)cc(Nc2ccccc2)n1. The molecule has 0 aliphatic carbocycles. The predicted molar refractivity (Wildman–Crippen MR) is 93.3 cm³/mol. The van der Waals surface area contributed by atoms with E-state index in [0.29, 0.717) is 0 Å². The Morgan fingerprint density at radius 3 is 1.59 bits per heavy atom. The van der Waals surface area contributed by atoms with Crippen molar-refractivity contribution in [2.75, 3.05) is 16.9 Å². The minimum absolute atomic E-state index is 0.722. The Bertz CT molecular complexity index is 672. The lowest BCUT2D eigenvalue weighted by Crippen LogP contribution is -2.00. The number of aromatic nitrogens is 2. The van der Waals surface area contributed by atoms with E-state index < -0.39 is 0 Å². The van der Waals surface area contributed by atoms with Crippen molar-refractivity contribution < 1.29 is 0 Å². The molecule has 0 aliphatic heterocycles. The number of nitrogens with zero attached hydrogens (tertiary/aromatic N) is 2. The van der Waals surface area contributed by atoms with Gasteiger partial charge < -0.3 is 10.6 Å². The van der Waals surface area contributed by atoms with Crippen molar-refractivity contribution in [3.8, 4) is 0 Å². The lowest BCUT2D eigenvalue weighted by atomic mass is 10.3. The zero-order valence-corrected chi connectivity index (χ0v) is 13.0. The summed E-state index contributed by atoms with van der Waals surface area (Å²) >= 11 is 1.52. The van der Waals surface area contributed by atoms with Crippen molar-refractivity contribution in [2.24, 2.45) is 0 Å². The Morgan fingerprint density at radius 2 is 1.18 bits per heavy atom. The molecule has 1 heterocycles. The van der Waals surface area contributed by atoms with Gasteiger partial charge in [-0.15, -0.1) is 0 Å². The maximum absolute atomic E-state index is 4.49. The van der Waals surface area contributed by atoms with Gasteiger partial charge in [-0.05, 0) is 30.5 Å². The molecule has 0 radical (unpaired) electrons. The van der Waals surface area contributed by atoms with Crippen LogP contribution in [0, 0.1) is 0 Å². The van der Waals surface area contributed by atoms with E-state index in [2.05, 4.69) is 20.6 Å². The Morgan fingerprint density at radius 1 is 0.727 bits per heavy atom. The average Bonchev–Trinajstić information content (AvgIpc) is 2.56. The first-order chi connectivity index (χ1) is 10.8. The van der Waals surface area contributed by atoms with Crippen LogP contribution in [0.5, 0.6) is 0 Å². The number of thioether (sulfide) groups is 1. The van der Waals surface area contributed by atoms with E-state index in [-0.39, 0.29) is 0 Å². The van der Waals surface area contributed by atoms with Crippen molar-refractivity contribution in [3.05, 3.63) is 66.7 Å². The maximum Gasteiger partial charge on any atom is 0.191 e. The van der Waals surface area contributed by atoms with Crippen LogP contribution in [0.25, 0.3) is 0 Å². The second-order valence-electron chi connectivity index (χ2n) is 4.61. The zero-order valence-electron chi connectivity index (χ0n) is 12.2. The molecule has 0 atom stereocenters. The molecule has 4 nitrogen and oxygen atoms in total. The van der Waals surface area contributed by atoms with Crippen molar-refractivity contribution in [2.45, 2.75) is 5.16 Å². The number of para-hydroxylation sites is 2. The van der Waals surface area contributed by atoms with Crippen molar-refractivity contribution in [1.82, 2.24) is 9.97 Å². The van der Waals surface area contributed by atoms with Crippen LogP contribution in [0.3, 0.4) is 0 Å². The van der Waals surface area contributed by atoms with Gasteiger partial charge >= 0.3 is 0 Å². The summed E-state index contributed by atoms with van der Waals surface area (Å²) in [6.07, 6.45) is 1.97. The summed E-state index contributed by atoms with van der Waals surface area (Å²) in [6, 6.07) is 21.8. The van der Waals surface area contributed by atoms with Gasteiger partial charge in [-0.25, -0.2) is 9.97 Å². The van der Waals surface area contributed by atoms with Crippen LogP contribution >= 0.6 is 11.8 Å². The molecule has 110 valence electrons. The van der Waals surface area contributed by atoms with Gasteiger partial charge in [0, 0.05) is 17.4 Å². The molecule has 0 aliphatic rings. The molecular weight excluding hydrogens is 292 g/mol. The summed E-state index contributed by atoms with van der Waals surface area (Å²) in [4.78, 5) is 8.98. The lowest BCUT2D eigenvalue weighted by Gasteiger charge is -2.10. The third-order valence-electron chi connectivity index (χ3n) is 2.98. The summed E-state index contributed by atoms with van der Waals surface area (Å²) in [5, 5.41) is 7.32. The first kappa shape index (κ1) is 14.4. The molecule has 0 amide bonds. The van der Waals surface area contributed by atoms with Crippen molar-refractivity contribution >= 4 is 34.8 Å². The predicted octanol–water partition coefficient (Wildman–Crippen LogP) is 4.69. The van der Waals surface area contributed by atoms with E-state index in [0.717, 1.165) is 28.2 Å². The van der Waals surface area contributed by atoms with Crippen LogP contribution in [-0.4, -0.2) is 16.2 Å². The molecule has 0 saturated carbocycles. The molecule has 2 N–H and O–H groups in total. The molecule has 22 heavy (non-hydrogen) atoms. The summed E-state index contributed by atoms with van der Waals surface area (Å²) in [6.45, 7) is 0. The highest BCUT2D eigenvalue weighted by molar-refractivity contribution is 7.98. The van der Waals surface area contributed by atoms with Crippen LogP contribution in [0.15, 0.2) is 71.9 Å². The van der Waals surface area contributed by atoms with E-state index in [4.69, 9.17) is 0 Å². The molecular formula is C17H16N4S. The third kappa shape index (κ3) is 3.77. The van der Waals surface area contributed by atoms with E-state index in [1.807, 2.05) is 73.0 Å². The standard InChI is InChI=1S/C17H16N4S/c1-22-17-20-15(18-13-8-4-2-5-9-13)12-16(21-17)19-14-10-6-3-7-11-14/h2-12H,1H3,(H2,18,19,20,21). The highest BCUT2D eigenvalue weighted by Crippen LogP contribution is 2.23. The van der Waals surface area contributed by atoms with Crippen LogP contribution < -0.4 is 10.6 Å². The van der Waals surface area contributed by atoms with Gasteiger partial charge in [-0.1, -0.05) is 48.2 Å². The molecule has 1 aromatic heterocycles. The van der Waals surface area contributed by atoms with Crippen LogP contribution in [0.1, 0.15) is 0 Å². The molecule has 3 aromatic rings. The largest absolute Gasteiger partial charge is 0.340 e. The molecule has 0 spiro atoms. The van der Waals surface area contributed by atoms with Gasteiger partial charge in [0.15, 0.2) is 5.16 Å². The molecule has 0 bridgehead atoms. The van der Waals surface area contributed by atoms with Gasteiger partial charge in [0.25, 0.3) is 0 Å². The highest BCUT2D eigenvalue weighted by Gasteiger charge is 2.05. The fourth-order valence-corrected chi connectivity index (χ4v) is 2.36. The monoisotopic (exact) mass is 308 g/mol. The van der Waals surface area contributed by atoms with Gasteiger partial charge in [0.2, 0.25) is 0 Å². The van der Waals surface area contributed by atoms with Gasteiger partial charge in [-0.2, -0.15) is 0 Å². The smallest absolute Gasteiger partial charge is 0.191 e. The van der Waals surface area contributed by atoms with Crippen LogP contribution in [0.4, 0.5) is 23.0 Å². The number of hydrogen-bond donors (Lipinski definition) is 2. The second kappa shape index (κ2) is 6.95. The Labute approximate surface area is 134 Å². The van der Waals surface area contributed by atoms with Crippen LogP contribution in [-0.2, 0) is 0 Å². The molecule has 2 aromatic carbocycles. The first-order valence-electron chi connectivity index (χ1n) is 6.91. The molecule has 0 unspecified atom stereocenters. The van der Waals surface area contributed by atoms with Crippen LogP contribution in [0.2, 0.25) is 0 Å². The van der Waals surface area contributed by atoms with E-state index in [9.17, 15) is 0 Å². The van der Waals surface area contributed by atoms with Gasteiger partial charge in [0.1, 0.15) is 11.6 Å². The Hall–Kier alpha value is -2.53. The third-order valence-corrected chi connectivity index (χ3v) is 3.53. The molecule has 3 rings (SSSR count). The number of anilines is 4. The molecule has 5 heteroatoms. The highest BCUT2D eigenvalue weighted by atomic mass is 32.2. The normalized spacial score (nSPS) is 10.2. The van der Waals surface area contributed by atoms with Gasteiger partial charge in [-0.3, -0.25) is 0 Å². The summed E-state index contributed by atoms with van der Waals surface area (Å²) in [5.41, 5.74) is 2.00. The quantitative estimate of drug-likeness (QED) is 0.529. The minimum atomic E-state index is 0.722. The minimum Gasteiger partial charge on any atom is -0.340 e. The Kier molecular flexibility index (Phi) is 4.56. The number of nitrogens with one attached hydrogen (secondary N) is 2. The van der Waals surface area contributed by atoms with E-state index in [1.54, 1.807) is 0 Å². The average molecular weight is 308 g/mol. The number of hydrogen-bond acceptors (Lipinski definition) is 5. The Balaban J connectivity index is 1.86. The summed E-state index contributed by atoms with van der Waals surface area (Å²) in [7, 11) is 0. The first-order valence-corrected chi connectivity index (χ1v) is 8.13. The van der Waals surface area contributed by atoms with Crippen molar-refractivity contribution in [3.63, 3.8) is 0 Å². The number of rotatable bonds is 5. The van der Waals surface area contributed by atoms with Crippen molar-refractivity contribution in [1.29, 1.82) is 0 Å². The van der Waals surface area contributed by atoms with Gasteiger partial charge in [0.05, 0.1) is 0 Å². The molecule has 0 saturated heterocycles. The summed E-state index contributed by atoms with van der Waals surface area (Å²) in [5.74, 6) is 1.54. The maximum atomic E-state index is 4.49. The summed E-state index contributed by atoms with van der Waals surface area (Å²) < 4.78 is 0. The number of benzene rings is 2. The van der Waals surface area contributed by atoms with E-state index >= 15 is 0 Å². The topological polar surface area (TPSA) is 49.8 Å². The van der Waals surface area contributed by atoms with E-state index in [1.165, 1.54) is 11.8 Å². The zero-order chi connectivity index (χ0) is 15.2. The lowest BCUT2D eigenvalue weighted by molar-refractivity contribution is 0.980.